The summed E-state index contributed by atoms with van der Waals surface area (Å²) in [6.07, 6.45) is 6.22. The molecule has 4 aliphatic rings. The van der Waals surface area contributed by atoms with Gasteiger partial charge in [-0.1, -0.05) is 0 Å². The molecule has 2 unspecified atom stereocenters. The van der Waals surface area contributed by atoms with E-state index in [1.54, 1.807) is 25.7 Å². The molecule has 4 rings (SSSR count). The molecule has 0 spiro atoms. The molecule has 2 bridgehead atoms. The highest BCUT2D eigenvalue weighted by molar-refractivity contribution is 4.98. The standard InChI is InChI=1S/C11H19N/c1-12-6-10-8-2-3-9(5-4-8)11(10)7-12/h8-11H,2-7H2,1H3. The number of hydrogen-bond donors (Lipinski definition) is 0. The molecule has 2 atom stereocenters. The summed E-state index contributed by atoms with van der Waals surface area (Å²) in [4.78, 5) is 2.56. The average Bonchev–Trinajstić information content (AvgIpc) is 2.49. The fourth-order valence-corrected chi connectivity index (χ4v) is 4.06. The minimum atomic E-state index is 1.10. The topological polar surface area (TPSA) is 3.24 Å². The van der Waals surface area contributed by atoms with Gasteiger partial charge in [-0.2, -0.15) is 0 Å². The van der Waals surface area contributed by atoms with E-state index in [2.05, 4.69) is 11.9 Å². The van der Waals surface area contributed by atoms with Crippen molar-refractivity contribution in [3.05, 3.63) is 0 Å². The second-order valence-corrected chi connectivity index (χ2v) is 5.22. The molecule has 12 heavy (non-hydrogen) atoms. The highest BCUT2D eigenvalue weighted by Gasteiger charge is 2.46. The van der Waals surface area contributed by atoms with Crippen LogP contribution >= 0.6 is 0 Å². The van der Waals surface area contributed by atoms with Crippen molar-refractivity contribution >= 4 is 0 Å². The van der Waals surface area contributed by atoms with E-state index in [0.29, 0.717) is 0 Å². The van der Waals surface area contributed by atoms with Gasteiger partial charge < -0.3 is 4.90 Å². The van der Waals surface area contributed by atoms with Crippen molar-refractivity contribution in [2.45, 2.75) is 25.7 Å². The van der Waals surface area contributed by atoms with Gasteiger partial charge in [0.2, 0.25) is 0 Å². The zero-order valence-electron chi connectivity index (χ0n) is 8.00. The minimum absolute atomic E-state index is 1.10. The van der Waals surface area contributed by atoms with E-state index in [9.17, 15) is 0 Å². The monoisotopic (exact) mass is 165 g/mol. The molecule has 1 nitrogen and oxygen atoms in total. The van der Waals surface area contributed by atoms with Gasteiger partial charge in [0.15, 0.2) is 0 Å². The number of likely N-dealkylation sites (tertiary alicyclic amines) is 1. The predicted molar refractivity (Wildman–Crippen MR) is 49.9 cm³/mol. The molecule has 1 aliphatic heterocycles. The lowest BCUT2D eigenvalue weighted by Crippen LogP contribution is -2.38. The Kier molecular flexibility index (Phi) is 1.52. The molecule has 4 fully saturated rings. The third kappa shape index (κ3) is 0.891. The Balaban J connectivity index is 1.86. The predicted octanol–water partition coefficient (Wildman–Crippen LogP) is 1.98. The smallest absolute Gasteiger partial charge is 0.00126 e. The Hall–Kier alpha value is -0.0400. The van der Waals surface area contributed by atoms with Crippen LogP contribution < -0.4 is 0 Å². The molecule has 0 amide bonds. The van der Waals surface area contributed by atoms with Crippen LogP contribution in [0.1, 0.15) is 25.7 Å². The highest BCUT2D eigenvalue weighted by atomic mass is 15.1. The van der Waals surface area contributed by atoms with E-state index in [1.165, 1.54) is 13.1 Å². The van der Waals surface area contributed by atoms with Gasteiger partial charge in [-0.15, -0.1) is 0 Å². The van der Waals surface area contributed by atoms with Crippen LogP contribution in [0.4, 0.5) is 0 Å². The Morgan fingerprint density at radius 2 is 1.25 bits per heavy atom. The summed E-state index contributed by atoms with van der Waals surface area (Å²) in [5.41, 5.74) is 0. The summed E-state index contributed by atoms with van der Waals surface area (Å²) in [5, 5.41) is 0. The van der Waals surface area contributed by atoms with E-state index in [-0.39, 0.29) is 0 Å². The largest absolute Gasteiger partial charge is 0.306 e. The van der Waals surface area contributed by atoms with E-state index in [1.807, 2.05) is 0 Å². The number of rotatable bonds is 0. The van der Waals surface area contributed by atoms with Crippen molar-refractivity contribution in [1.82, 2.24) is 4.90 Å². The molecule has 0 N–H and O–H groups in total. The molecule has 1 saturated heterocycles. The summed E-state index contributed by atoms with van der Waals surface area (Å²) in [7, 11) is 2.30. The molecule has 3 saturated carbocycles. The first kappa shape index (κ1) is 7.37. The van der Waals surface area contributed by atoms with Gasteiger partial charge in [-0.3, -0.25) is 0 Å². The Bertz CT molecular complexity index is 161. The van der Waals surface area contributed by atoms with Crippen LogP contribution in [0, 0.1) is 23.7 Å². The molecular formula is C11H19N. The van der Waals surface area contributed by atoms with Crippen LogP contribution in [-0.4, -0.2) is 25.0 Å². The lowest BCUT2D eigenvalue weighted by atomic mass is 9.60. The van der Waals surface area contributed by atoms with E-state index in [0.717, 1.165) is 23.7 Å². The Morgan fingerprint density at radius 3 is 1.67 bits per heavy atom. The van der Waals surface area contributed by atoms with Crippen LogP contribution in [0.5, 0.6) is 0 Å². The molecule has 3 aliphatic carbocycles. The van der Waals surface area contributed by atoms with E-state index >= 15 is 0 Å². The van der Waals surface area contributed by atoms with Gasteiger partial charge >= 0.3 is 0 Å². The van der Waals surface area contributed by atoms with Crippen molar-refractivity contribution in [2.24, 2.45) is 23.7 Å². The van der Waals surface area contributed by atoms with Crippen LogP contribution in [0.25, 0.3) is 0 Å². The molecule has 1 heteroatoms. The first-order chi connectivity index (χ1) is 5.84. The third-order valence-electron chi connectivity index (χ3n) is 4.62. The summed E-state index contributed by atoms with van der Waals surface area (Å²) in [5.74, 6) is 4.43. The second kappa shape index (κ2) is 2.47. The molecule has 0 aromatic heterocycles. The quantitative estimate of drug-likeness (QED) is 0.530. The van der Waals surface area contributed by atoms with Gasteiger partial charge in [0.25, 0.3) is 0 Å². The van der Waals surface area contributed by atoms with E-state index in [4.69, 9.17) is 0 Å². The maximum absolute atomic E-state index is 2.56. The lowest BCUT2D eigenvalue weighted by molar-refractivity contribution is 0.0577. The zero-order valence-corrected chi connectivity index (χ0v) is 8.00. The highest BCUT2D eigenvalue weighted by Crippen LogP contribution is 2.51. The van der Waals surface area contributed by atoms with Crippen molar-refractivity contribution in [3.8, 4) is 0 Å². The molecule has 68 valence electrons. The van der Waals surface area contributed by atoms with Crippen molar-refractivity contribution in [1.29, 1.82) is 0 Å². The molecule has 0 radical (unpaired) electrons. The van der Waals surface area contributed by atoms with Crippen LogP contribution in [0.2, 0.25) is 0 Å². The fourth-order valence-electron chi connectivity index (χ4n) is 4.06. The molecular weight excluding hydrogens is 146 g/mol. The summed E-state index contributed by atoms with van der Waals surface area (Å²) >= 11 is 0. The summed E-state index contributed by atoms with van der Waals surface area (Å²) < 4.78 is 0. The Morgan fingerprint density at radius 1 is 0.833 bits per heavy atom. The maximum Gasteiger partial charge on any atom is 0.00126 e. The van der Waals surface area contributed by atoms with Crippen LogP contribution in [0.3, 0.4) is 0 Å². The number of nitrogens with zero attached hydrogens (tertiary/aromatic N) is 1. The SMILES string of the molecule is CN1CC2C3CCC(CC3)C2C1. The first-order valence-electron chi connectivity index (χ1n) is 5.53. The fraction of sp³-hybridized carbons (Fsp3) is 1.00. The van der Waals surface area contributed by atoms with Gasteiger partial charge in [-0.25, -0.2) is 0 Å². The summed E-state index contributed by atoms with van der Waals surface area (Å²) in [6, 6.07) is 0. The molecule has 0 aromatic carbocycles. The number of fused-ring (bicyclic) bond motifs is 2. The van der Waals surface area contributed by atoms with Gasteiger partial charge in [0, 0.05) is 13.1 Å². The normalized spacial score (nSPS) is 52.8. The first-order valence-corrected chi connectivity index (χ1v) is 5.53. The van der Waals surface area contributed by atoms with E-state index < -0.39 is 0 Å². The number of hydrogen-bond acceptors (Lipinski definition) is 1. The second-order valence-electron chi connectivity index (χ2n) is 5.22. The lowest BCUT2D eigenvalue weighted by Gasteiger charge is -2.45. The maximum atomic E-state index is 2.56. The van der Waals surface area contributed by atoms with Gasteiger partial charge in [0.05, 0.1) is 0 Å². The van der Waals surface area contributed by atoms with Gasteiger partial charge in [-0.05, 0) is 56.4 Å². The van der Waals surface area contributed by atoms with Crippen molar-refractivity contribution in [3.63, 3.8) is 0 Å². The van der Waals surface area contributed by atoms with Crippen LogP contribution in [0.15, 0.2) is 0 Å². The Labute approximate surface area is 75.1 Å². The molecule has 1 heterocycles. The van der Waals surface area contributed by atoms with Crippen molar-refractivity contribution in [2.75, 3.05) is 20.1 Å². The average molecular weight is 165 g/mol. The minimum Gasteiger partial charge on any atom is -0.306 e. The van der Waals surface area contributed by atoms with Crippen LogP contribution in [-0.2, 0) is 0 Å². The summed E-state index contributed by atoms with van der Waals surface area (Å²) in [6.45, 7) is 2.82. The zero-order chi connectivity index (χ0) is 8.13. The third-order valence-corrected chi connectivity index (χ3v) is 4.62. The van der Waals surface area contributed by atoms with Gasteiger partial charge in [0.1, 0.15) is 0 Å². The van der Waals surface area contributed by atoms with Crippen molar-refractivity contribution < 1.29 is 0 Å². The molecule has 0 aromatic rings.